The molecule has 0 radical (unpaired) electrons. The van der Waals surface area contributed by atoms with Gasteiger partial charge in [-0.2, -0.15) is 0 Å². The highest BCUT2D eigenvalue weighted by molar-refractivity contribution is 5.21. The van der Waals surface area contributed by atoms with Crippen molar-refractivity contribution in [3.8, 4) is 0 Å². The fourth-order valence-electron chi connectivity index (χ4n) is 2.76. The largest absolute Gasteiger partial charge is 0.501 e. The molecule has 0 unspecified atom stereocenters. The number of hydrogen-bond acceptors (Lipinski definition) is 4. The molecule has 2 aliphatic heterocycles. The van der Waals surface area contributed by atoms with Crippen molar-refractivity contribution in [2.45, 2.75) is 32.7 Å². The van der Waals surface area contributed by atoms with Crippen molar-refractivity contribution in [3.05, 3.63) is 39.3 Å². The lowest BCUT2D eigenvalue weighted by Gasteiger charge is -2.29. The van der Waals surface area contributed by atoms with Gasteiger partial charge < -0.3 is 9.72 Å². The molecule has 0 saturated heterocycles. The molecule has 0 amide bonds. The second kappa shape index (κ2) is 5.17. The number of aromatic amines is 1. The Hall–Kier alpha value is -1.62. The summed E-state index contributed by atoms with van der Waals surface area (Å²) >= 11 is 0. The normalized spacial score (nSPS) is 19.5. The summed E-state index contributed by atoms with van der Waals surface area (Å²) < 4.78 is 5.36. The minimum atomic E-state index is 0.0149. The first-order chi connectivity index (χ1) is 9.22. The van der Waals surface area contributed by atoms with E-state index in [0.29, 0.717) is 12.4 Å². The first kappa shape index (κ1) is 12.4. The minimum absolute atomic E-state index is 0.0149. The van der Waals surface area contributed by atoms with Crippen LogP contribution in [0.15, 0.2) is 16.6 Å². The van der Waals surface area contributed by atoms with Crippen LogP contribution in [0.3, 0.4) is 0 Å². The highest BCUT2D eigenvalue weighted by Gasteiger charge is 2.21. The molecular weight excluding hydrogens is 242 g/mol. The van der Waals surface area contributed by atoms with Gasteiger partial charge in [-0.05, 0) is 25.3 Å². The average Bonchev–Trinajstić information content (AvgIpc) is 2.40. The predicted octanol–water partition coefficient (Wildman–Crippen LogP) is 1.13. The highest BCUT2D eigenvalue weighted by Crippen LogP contribution is 2.18. The van der Waals surface area contributed by atoms with Crippen LogP contribution < -0.4 is 5.56 Å². The van der Waals surface area contributed by atoms with Gasteiger partial charge in [0.25, 0.3) is 5.56 Å². The third kappa shape index (κ3) is 2.71. The Balaban J connectivity index is 1.75. The number of hydrogen-bond donors (Lipinski definition) is 1. The second-order valence-electron chi connectivity index (χ2n) is 5.29. The summed E-state index contributed by atoms with van der Waals surface area (Å²) in [5, 5.41) is 0. The van der Waals surface area contributed by atoms with Crippen molar-refractivity contribution in [2.24, 2.45) is 0 Å². The van der Waals surface area contributed by atoms with E-state index in [0.717, 1.165) is 50.2 Å². The number of H-pyrrole nitrogens is 1. The van der Waals surface area contributed by atoms with Gasteiger partial charge in [0.1, 0.15) is 5.82 Å². The van der Waals surface area contributed by atoms with Gasteiger partial charge in [-0.3, -0.25) is 9.69 Å². The van der Waals surface area contributed by atoms with Crippen LogP contribution in [0.4, 0.5) is 0 Å². The SMILES string of the molecule is Cc1nc2c(c(=O)[nH]1)CN(CC1=COCCC1)CC2. The zero-order valence-corrected chi connectivity index (χ0v) is 11.2. The number of fused-ring (bicyclic) bond motifs is 1. The number of rotatable bonds is 2. The first-order valence-electron chi connectivity index (χ1n) is 6.83. The number of ether oxygens (including phenoxy) is 1. The van der Waals surface area contributed by atoms with Crippen LogP contribution in [0.2, 0.25) is 0 Å². The maximum atomic E-state index is 12.0. The van der Waals surface area contributed by atoms with E-state index in [1.807, 2.05) is 13.2 Å². The molecule has 0 aromatic carbocycles. The van der Waals surface area contributed by atoms with E-state index in [9.17, 15) is 4.79 Å². The minimum Gasteiger partial charge on any atom is -0.501 e. The predicted molar refractivity (Wildman–Crippen MR) is 71.8 cm³/mol. The van der Waals surface area contributed by atoms with E-state index in [4.69, 9.17) is 4.74 Å². The summed E-state index contributed by atoms with van der Waals surface area (Å²) in [4.78, 5) is 21.5. The van der Waals surface area contributed by atoms with Gasteiger partial charge in [0, 0.05) is 26.1 Å². The zero-order valence-electron chi connectivity index (χ0n) is 11.2. The molecule has 1 aromatic heterocycles. The van der Waals surface area contributed by atoms with Crippen LogP contribution >= 0.6 is 0 Å². The standard InChI is InChI=1S/C14H19N3O2/c1-10-15-13-4-5-17(8-12(13)14(18)16-10)7-11-3-2-6-19-9-11/h9H,2-8H2,1H3,(H,15,16,18). The Labute approximate surface area is 112 Å². The molecule has 0 spiro atoms. The molecule has 3 rings (SSSR count). The van der Waals surface area contributed by atoms with E-state index in [-0.39, 0.29) is 5.56 Å². The van der Waals surface area contributed by atoms with Crippen LogP contribution in [-0.2, 0) is 17.7 Å². The van der Waals surface area contributed by atoms with E-state index < -0.39 is 0 Å². The molecule has 0 fully saturated rings. The summed E-state index contributed by atoms with van der Waals surface area (Å²) in [6.07, 6.45) is 4.94. The molecule has 102 valence electrons. The van der Waals surface area contributed by atoms with Crippen LogP contribution in [0.1, 0.15) is 29.9 Å². The van der Waals surface area contributed by atoms with Crippen molar-refractivity contribution in [1.29, 1.82) is 0 Å². The lowest BCUT2D eigenvalue weighted by atomic mass is 10.0. The topological polar surface area (TPSA) is 58.2 Å². The summed E-state index contributed by atoms with van der Waals surface area (Å²) in [7, 11) is 0. The number of aryl methyl sites for hydroxylation is 1. The van der Waals surface area contributed by atoms with Crippen molar-refractivity contribution in [2.75, 3.05) is 19.7 Å². The van der Waals surface area contributed by atoms with E-state index in [1.165, 1.54) is 5.57 Å². The molecule has 3 heterocycles. The van der Waals surface area contributed by atoms with Gasteiger partial charge in [-0.1, -0.05) is 0 Å². The number of aromatic nitrogens is 2. The van der Waals surface area contributed by atoms with Crippen molar-refractivity contribution < 1.29 is 4.74 Å². The number of nitrogens with one attached hydrogen (secondary N) is 1. The summed E-state index contributed by atoms with van der Waals surface area (Å²) in [6.45, 7) is 5.20. The molecule has 0 bridgehead atoms. The lowest BCUT2D eigenvalue weighted by molar-refractivity contribution is 0.208. The monoisotopic (exact) mass is 261 g/mol. The van der Waals surface area contributed by atoms with E-state index >= 15 is 0 Å². The quantitative estimate of drug-likeness (QED) is 0.867. The Bertz CT molecular complexity index is 562. The lowest BCUT2D eigenvalue weighted by Crippen LogP contribution is -2.37. The van der Waals surface area contributed by atoms with E-state index in [1.54, 1.807) is 0 Å². The van der Waals surface area contributed by atoms with E-state index in [2.05, 4.69) is 14.9 Å². The highest BCUT2D eigenvalue weighted by atomic mass is 16.5. The fraction of sp³-hybridized carbons (Fsp3) is 0.571. The molecule has 19 heavy (non-hydrogen) atoms. The summed E-state index contributed by atoms with van der Waals surface area (Å²) in [5.74, 6) is 0.709. The van der Waals surface area contributed by atoms with Crippen molar-refractivity contribution in [3.63, 3.8) is 0 Å². The molecular formula is C14H19N3O2. The molecule has 0 atom stereocenters. The number of nitrogens with zero attached hydrogens (tertiary/aromatic N) is 2. The average molecular weight is 261 g/mol. The Kier molecular flexibility index (Phi) is 3.38. The molecule has 0 aliphatic carbocycles. The second-order valence-corrected chi connectivity index (χ2v) is 5.29. The van der Waals surface area contributed by atoms with Crippen LogP contribution in [0.5, 0.6) is 0 Å². The molecule has 1 aromatic rings. The third-order valence-corrected chi connectivity index (χ3v) is 3.70. The molecule has 2 aliphatic rings. The summed E-state index contributed by atoms with van der Waals surface area (Å²) in [5.41, 5.74) is 3.13. The fourth-order valence-corrected chi connectivity index (χ4v) is 2.76. The van der Waals surface area contributed by atoms with Crippen molar-refractivity contribution >= 4 is 0 Å². The Morgan fingerprint density at radius 1 is 1.47 bits per heavy atom. The smallest absolute Gasteiger partial charge is 0.255 e. The molecule has 5 nitrogen and oxygen atoms in total. The molecule has 5 heteroatoms. The maximum Gasteiger partial charge on any atom is 0.255 e. The molecule has 1 N–H and O–H groups in total. The van der Waals surface area contributed by atoms with Crippen molar-refractivity contribution in [1.82, 2.24) is 14.9 Å². The van der Waals surface area contributed by atoms with Crippen LogP contribution in [0, 0.1) is 6.92 Å². The maximum absolute atomic E-state index is 12.0. The first-order valence-corrected chi connectivity index (χ1v) is 6.83. The Morgan fingerprint density at radius 2 is 2.37 bits per heavy atom. The van der Waals surface area contributed by atoms with Gasteiger partial charge >= 0.3 is 0 Å². The third-order valence-electron chi connectivity index (χ3n) is 3.70. The summed E-state index contributed by atoms with van der Waals surface area (Å²) in [6, 6.07) is 0. The zero-order chi connectivity index (χ0) is 13.2. The van der Waals surface area contributed by atoms with Crippen LogP contribution in [-0.4, -0.2) is 34.6 Å². The van der Waals surface area contributed by atoms with Gasteiger partial charge in [-0.25, -0.2) is 4.98 Å². The molecule has 0 saturated carbocycles. The van der Waals surface area contributed by atoms with Gasteiger partial charge in [0.15, 0.2) is 0 Å². The van der Waals surface area contributed by atoms with Crippen LogP contribution in [0.25, 0.3) is 0 Å². The van der Waals surface area contributed by atoms with Gasteiger partial charge in [0.2, 0.25) is 0 Å². The Morgan fingerprint density at radius 3 is 3.16 bits per heavy atom. The van der Waals surface area contributed by atoms with Gasteiger partial charge in [-0.15, -0.1) is 0 Å². The van der Waals surface area contributed by atoms with Gasteiger partial charge in [0.05, 0.1) is 24.1 Å².